The second-order valence-electron chi connectivity index (χ2n) is 5.91. The van der Waals surface area contributed by atoms with Gasteiger partial charge >= 0.3 is 0 Å². The van der Waals surface area contributed by atoms with Gasteiger partial charge in [0.05, 0.1) is 4.90 Å². The summed E-state index contributed by atoms with van der Waals surface area (Å²) in [5.41, 5.74) is 0.940. The van der Waals surface area contributed by atoms with E-state index in [1.165, 1.54) is 30.9 Å². The first kappa shape index (κ1) is 21.9. The Balaban J connectivity index is 2.13. The van der Waals surface area contributed by atoms with Crippen LogP contribution >= 0.6 is 11.8 Å². The summed E-state index contributed by atoms with van der Waals surface area (Å²) in [6.07, 6.45) is 2.23. The minimum atomic E-state index is -3.82. The van der Waals surface area contributed by atoms with Crippen LogP contribution in [0.5, 0.6) is 0 Å². The minimum Gasteiger partial charge on any atom is -0.355 e. The van der Waals surface area contributed by atoms with Crippen LogP contribution in [-0.2, 0) is 14.8 Å². The molecule has 0 heterocycles. The maximum absolute atomic E-state index is 12.7. The lowest BCUT2D eigenvalue weighted by molar-refractivity contribution is -0.117. The van der Waals surface area contributed by atoms with Gasteiger partial charge in [0, 0.05) is 18.3 Å². The van der Waals surface area contributed by atoms with Crippen molar-refractivity contribution in [3.05, 3.63) is 60.2 Å². The van der Waals surface area contributed by atoms with Crippen molar-refractivity contribution < 1.29 is 18.0 Å². The minimum absolute atomic E-state index is 0.104. The van der Waals surface area contributed by atoms with E-state index in [4.69, 9.17) is 0 Å². The fraction of sp³-hybridized carbons (Fsp3) is 0.263. The van der Waals surface area contributed by atoms with E-state index in [2.05, 4.69) is 15.4 Å². The molecule has 0 unspecified atom stereocenters. The molecule has 0 saturated heterocycles. The average molecular weight is 422 g/mol. The molecule has 0 spiro atoms. The first-order valence-corrected chi connectivity index (χ1v) is 11.4. The summed E-state index contributed by atoms with van der Waals surface area (Å²) >= 11 is 1.52. The van der Waals surface area contributed by atoms with Gasteiger partial charge in [-0.2, -0.15) is 16.5 Å². The Kier molecular flexibility index (Phi) is 8.04. The summed E-state index contributed by atoms with van der Waals surface area (Å²) < 4.78 is 27.6. The number of anilines is 1. The molecular formula is C19H23N3O4S2. The number of sulfonamides is 1. The number of rotatable bonds is 9. The van der Waals surface area contributed by atoms with Crippen molar-refractivity contribution >= 4 is 39.3 Å². The highest BCUT2D eigenvalue weighted by Crippen LogP contribution is 2.14. The normalized spacial score (nSPS) is 12.2. The van der Waals surface area contributed by atoms with E-state index in [1.54, 1.807) is 42.5 Å². The van der Waals surface area contributed by atoms with Crippen LogP contribution in [0.3, 0.4) is 0 Å². The van der Waals surface area contributed by atoms with Gasteiger partial charge in [-0.3, -0.25) is 9.59 Å². The molecule has 3 N–H and O–H groups in total. The Morgan fingerprint density at radius 2 is 1.68 bits per heavy atom. The number of thioether (sulfide) groups is 1. The fourth-order valence-corrected chi connectivity index (χ4v) is 4.14. The van der Waals surface area contributed by atoms with Crippen LogP contribution in [0.4, 0.5) is 5.69 Å². The molecule has 0 aliphatic carbocycles. The molecule has 0 fully saturated rings. The summed E-state index contributed by atoms with van der Waals surface area (Å²) in [6.45, 7) is 0. The molecular weight excluding hydrogens is 398 g/mol. The number of amides is 2. The number of benzene rings is 2. The third kappa shape index (κ3) is 6.08. The second-order valence-corrected chi connectivity index (χ2v) is 8.61. The lowest BCUT2D eigenvalue weighted by atomic mass is 10.2. The molecule has 0 aliphatic rings. The first-order valence-electron chi connectivity index (χ1n) is 8.56. The van der Waals surface area contributed by atoms with Crippen molar-refractivity contribution in [3.8, 4) is 0 Å². The summed E-state index contributed by atoms with van der Waals surface area (Å²) in [5, 5.41) is 5.22. The molecule has 2 aromatic carbocycles. The summed E-state index contributed by atoms with van der Waals surface area (Å²) in [4.78, 5) is 24.4. The molecule has 2 amide bonds. The number of hydrogen-bond acceptors (Lipinski definition) is 5. The van der Waals surface area contributed by atoms with Crippen LogP contribution in [0, 0.1) is 0 Å². The Bertz CT molecular complexity index is 901. The van der Waals surface area contributed by atoms with E-state index in [1.807, 2.05) is 6.26 Å². The zero-order valence-electron chi connectivity index (χ0n) is 15.6. The number of carbonyl (C=O) groups is 2. The second kappa shape index (κ2) is 10.3. The quantitative estimate of drug-likeness (QED) is 0.575. The van der Waals surface area contributed by atoms with Crippen molar-refractivity contribution in [3.63, 3.8) is 0 Å². The van der Waals surface area contributed by atoms with Crippen molar-refractivity contribution in [1.29, 1.82) is 0 Å². The van der Waals surface area contributed by atoms with E-state index in [-0.39, 0.29) is 10.8 Å². The Morgan fingerprint density at radius 1 is 1.04 bits per heavy atom. The monoisotopic (exact) mass is 421 g/mol. The third-order valence-electron chi connectivity index (χ3n) is 3.92. The van der Waals surface area contributed by atoms with Gasteiger partial charge in [-0.25, -0.2) is 8.42 Å². The molecule has 0 bridgehead atoms. The molecule has 0 radical (unpaired) electrons. The predicted molar refractivity (Wildman–Crippen MR) is 112 cm³/mol. The van der Waals surface area contributed by atoms with Gasteiger partial charge in [0.25, 0.3) is 5.91 Å². The summed E-state index contributed by atoms with van der Waals surface area (Å²) in [7, 11) is -2.29. The van der Waals surface area contributed by atoms with Gasteiger partial charge in [0.2, 0.25) is 15.9 Å². The molecule has 2 rings (SSSR count). The van der Waals surface area contributed by atoms with Crippen LogP contribution in [0.25, 0.3) is 0 Å². The molecule has 0 aromatic heterocycles. The molecule has 2 aromatic rings. The van der Waals surface area contributed by atoms with Gasteiger partial charge in [-0.15, -0.1) is 0 Å². The van der Waals surface area contributed by atoms with E-state index in [0.29, 0.717) is 23.4 Å². The fourth-order valence-electron chi connectivity index (χ4n) is 2.41. The highest BCUT2D eigenvalue weighted by molar-refractivity contribution is 7.98. The van der Waals surface area contributed by atoms with Gasteiger partial charge in [0.1, 0.15) is 6.04 Å². The molecule has 0 aliphatic heterocycles. The molecule has 1 atom stereocenters. The van der Waals surface area contributed by atoms with Crippen LogP contribution < -0.4 is 15.4 Å². The Morgan fingerprint density at radius 3 is 2.25 bits per heavy atom. The maximum atomic E-state index is 12.7. The molecule has 0 saturated carbocycles. The van der Waals surface area contributed by atoms with Crippen LogP contribution in [0.2, 0.25) is 0 Å². The van der Waals surface area contributed by atoms with Gasteiger partial charge in [-0.05, 0) is 54.8 Å². The highest BCUT2D eigenvalue weighted by atomic mass is 32.2. The maximum Gasteiger partial charge on any atom is 0.251 e. The van der Waals surface area contributed by atoms with Crippen molar-refractivity contribution in [2.24, 2.45) is 0 Å². The lowest BCUT2D eigenvalue weighted by Gasteiger charge is -2.18. The molecule has 7 nitrogen and oxygen atoms in total. The standard InChI is InChI=1S/C19H23N3O4S2/c1-20-18(23)14-8-10-15(11-9-14)21-19(24)17(12-13-27-2)22-28(25,26)16-6-4-3-5-7-16/h3-11,17,22H,12-13H2,1-2H3,(H,20,23)(H,21,24)/t17-/m0/s1. The van der Waals surface area contributed by atoms with Crippen molar-refractivity contribution in [2.75, 3.05) is 24.4 Å². The molecule has 9 heteroatoms. The first-order chi connectivity index (χ1) is 13.4. The van der Waals surface area contributed by atoms with Crippen molar-refractivity contribution in [1.82, 2.24) is 10.0 Å². The number of nitrogens with one attached hydrogen (secondary N) is 3. The summed E-state index contributed by atoms with van der Waals surface area (Å²) in [5.74, 6) is -0.0713. The van der Waals surface area contributed by atoms with E-state index >= 15 is 0 Å². The van der Waals surface area contributed by atoms with Crippen molar-refractivity contribution in [2.45, 2.75) is 17.4 Å². The molecule has 150 valence electrons. The lowest BCUT2D eigenvalue weighted by Crippen LogP contribution is -2.44. The topological polar surface area (TPSA) is 104 Å². The number of carbonyl (C=O) groups excluding carboxylic acids is 2. The molecule has 28 heavy (non-hydrogen) atoms. The number of hydrogen-bond donors (Lipinski definition) is 3. The largest absolute Gasteiger partial charge is 0.355 e. The highest BCUT2D eigenvalue weighted by Gasteiger charge is 2.25. The predicted octanol–water partition coefficient (Wildman–Crippen LogP) is 2.08. The van der Waals surface area contributed by atoms with E-state index < -0.39 is 22.0 Å². The van der Waals surface area contributed by atoms with Crippen LogP contribution in [-0.4, -0.2) is 45.3 Å². The van der Waals surface area contributed by atoms with E-state index in [0.717, 1.165) is 0 Å². The van der Waals surface area contributed by atoms with Gasteiger partial charge in [-0.1, -0.05) is 18.2 Å². The van der Waals surface area contributed by atoms with Crippen LogP contribution in [0.1, 0.15) is 16.8 Å². The SMILES string of the molecule is CNC(=O)c1ccc(NC(=O)[C@H](CCSC)NS(=O)(=O)c2ccccc2)cc1. The Labute approximate surface area is 169 Å². The average Bonchev–Trinajstić information content (AvgIpc) is 2.71. The third-order valence-corrected chi connectivity index (χ3v) is 6.05. The smallest absolute Gasteiger partial charge is 0.251 e. The van der Waals surface area contributed by atoms with Crippen LogP contribution in [0.15, 0.2) is 59.5 Å². The van der Waals surface area contributed by atoms with Gasteiger partial charge in [0.15, 0.2) is 0 Å². The summed E-state index contributed by atoms with van der Waals surface area (Å²) in [6, 6.07) is 13.4. The van der Waals surface area contributed by atoms with Gasteiger partial charge < -0.3 is 10.6 Å². The zero-order chi connectivity index (χ0) is 20.6. The van der Waals surface area contributed by atoms with E-state index in [9.17, 15) is 18.0 Å². The Hall–Kier alpha value is -2.36. The zero-order valence-corrected chi connectivity index (χ0v) is 17.3.